The lowest BCUT2D eigenvalue weighted by Crippen LogP contribution is -2.40. The van der Waals surface area contributed by atoms with E-state index in [9.17, 15) is 4.79 Å². The molecule has 0 aliphatic rings. The molecule has 1 aromatic rings. The van der Waals surface area contributed by atoms with Crippen molar-refractivity contribution in [2.24, 2.45) is 5.92 Å². The number of methoxy groups -OCH3 is 1. The molecule has 112 valence electrons. The van der Waals surface area contributed by atoms with Crippen molar-refractivity contribution in [3.63, 3.8) is 0 Å². The van der Waals surface area contributed by atoms with Crippen LogP contribution in [0.1, 0.15) is 26.3 Å². The molecule has 0 radical (unpaired) electrons. The fourth-order valence-electron chi connectivity index (χ4n) is 1.93. The van der Waals surface area contributed by atoms with Gasteiger partial charge in [-0.25, -0.2) is 0 Å². The summed E-state index contributed by atoms with van der Waals surface area (Å²) >= 11 is 0. The zero-order valence-electron chi connectivity index (χ0n) is 12.5. The summed E-state index contributed by atoms with van der Waals surface area (Å²) in [5, 5.41) is 12.2. The van der Waals surface area contributed by atoms with Crippen molar-refractivity contribution in [3.8, 4) is 11.5 Å². The largest absolute Gasteiger partial charge is 0.493 e. The van der Waals surface area contributed by atoms with Crippen LogP contribution in [0.3, 0.4) is 0 Å². The first-order valence-corrected chi connectivity index (χ1v) is 6.75. The number of rotatable bonds is 8. The molecule has 1 aromatic carbocycles. The predicted octanol–water partition coefficient (Wildman–Crippen LogP) is 2.29. The van der Waals surface area contributed by atoms with Crippen LogP contribution in [0.4, 0.5) is 0 Å². The molecule has 20 heavy (non-hydrogen) atoms. The highest BCUT2D eigenvalue weighted by atomic mass is 16.5. The summed E-state index contributed by atoms with van der Waals surface area (Å²) < 4.78 is 10.7. The number of carboxylic acid groups (broad SMARTS) is 1. The van der Waals surface area contributed by atoms with Crippen molar-refractivity contribution in [1.82, 2.24) is 5.32 Å². The molecule has 0 aromatic heterocycles. The minimum atomic E-state index is -0.835. The second-order valence-corrected chi connectivity index (χ2v) is 4.86. The first kappa shape index (κ1) is 16.3. The topological polar surface area (TPSA) is 67.8 Å². The van der Waals surface area contributed by atoms with E-state index < -0.39 is 12.0 Å². The van der Waals surface area contributed by atoms with Crippen LogP contribution in [0.25, 0.3) is 0 Å². The third-order valence-corrected chi connectivity index (χ3v) is 2.99. The molecular formula is C15H23NO4. The van der Waals surface area contributed by atoms with Crippen LogP contribution >= 0.6 is 0 Å². The van der Waals surface area contributed by atoms with Crippen molar-refractivity contribution >= 4 is 5.97 Å². The van der Waals surface area contributed by atoms with Crippen LogP contribution in [0.15, 0.2) is 18.2 Å². The van der Waals surface area contributed by atoms with E-state index in [1.807, 2.05) is 39.0 Å². The predicted molar refractivity (Wildman–Crippen MR) is 77.3 cm³/mol. The van der Waals surface area contributed by atoms with Gasteiger partial charge in [-0.05, 0) is 30.5 Å². The number of hydrogen-bond acceptors (Lipinski definition) is 4. The van der Waals surface area contributed by atoms with Gasteiger partial charge in [0.2, 0.25) is 0 Å². The molecule has 0 heterocycles. The molecule has 0 aliphatic carbocycles. The van der Waals surface area contributed by atoms with Gasteiger partial charge in [0.05, 0.1) is 13.7 Å². The van der Waals surface area contributed by atoms with Crippen molar-refractivity contribution in [2.75, 3.05) is 13.7 Å². The lowest BCUT2D eigenvalue weighted by atomic mass is 10.0. The number of carbonyl (C=O) groups is 1. The van der Waals surface area contributed by atoms with Gasteiger partial charge in [0.25, 0.3) is 0 Å². The summed E-state index contributed by atoms with van der Waals surface area (Å²) in [5.74, 6) is 0.537. The summed E-state index contributed by atoms with van der Waals surface area (Å²) in [4.78, 5) is 11.1. The van der Waals surface area contributed by atoms with Crippen LogP contribution in [0, 0.1) is 5.92 Å². The van der Waals surface area contributed by atoms with Gasteiger partial charge in [0, 0.05) is 6.54 Å². The van der Waals surface area contributed by atoms with E-state index in [0.717, 1.165) is 5.56 Å². The van der Waals surface area contributed by atoms with Gasteiger partial charge in [0.15, 0.2) is 11.5 Å². The van der Waals surface area contributed by atoms with Crippen molar-refractivity contribution in [3.05, 3.63) is 23.8 Å². The number of benzene rings is 1. The van der Waals surface area contributed by atoms with Gasteiger partial charge in [-0.15, -0.1) is 0 Å². The van der Waals surface area contributed by atoms with E-state index in [1.165, 1.54) is 0 Å². The summed E-state index contributed by atoms with van der Waals surface area (Å²) in [7, 11) is 1.59. The molecule has 0 amide bonds. The van der Waals surface area contributed by atoms with Gasteiger partial charge in [-0.3, -0.25) is 4.79 Å². The highest BCUT2D eigenvalue weighted by molar-refractivity contribution is 5.73. The first-order chi connectivity index (χ1) is 9.49. The molecule has 1 rings (SSSR count). The van der Waals surface area contributed by atoms with E-state index >= 15 is 0 Å². The lowest BCUT2D eigenvalue weighted by molar-refractivity contribution is -0.140. The molecule has 1 unspecified atom stereocenters. The van der Waals surface area contributed by atoms with E-state index in [4.69, 9.17) is 14.6 Å². The van der Waals surface area contributed by atoms with Crippen LogP contribution in [-0.2, 0) is 11.3 Å². The molecule has 0 bridgehead atoms. The monoisotopic (exact) mass is 281 g/mol. The third kappa shape index (κ3) is 4.42. The molecule has 0 aliphatic heterocycles. The standard InChI is InChI=1S/C15H23NO4/c1-5-20-12-7-6-11(8-13(12)19-4)9-16-14(10(2)3)15(17)18/h6-8,10,14,16H,5,9H2,1-4H3,(H,17,18). The van der Waals surface area contributed by atoms with Gasteiger partial charge < -0.3 is 19.9 Å². The van der Waals surface area contributed by atoms with Gasteiger partial charge in [0.1, 0.15) is 6.04 Å². The molecule has 5 heteroatoms. The summed E-state index contributed by atoms with van der Waals surface area (Å²) in [5.41, 5.74) is 0.956. The zero-order valence-corrected chi connectivity index (χ0v) is 12.5. The maximum absolute atomic E-state index is 11.1. The summed E-state index contributed by atoms with van der Waals surface area (Å²) in [6.45, 7) is 6.71. The van der Waals surface area contributed by atoms with E-state index in [0.29, 0.717) is 24.7 Å². The summed E-state index contributed by atoms with van der Waals surface area (Å²) in [6, 6.07) is 5.04. The average Bonchev–Trinajstić information content (AvgIpc) is 2.39. The van der Waals surface area contributed by atoms with Gasteiger partial charge in [-0.2, -0.15) is 0 Å². The van der Waals surface area contributed by atoms with Crippen LogP contribution < -0.4 is 14.8 Å². The average molecular weight is 281 g/mol. The molecule has 5 nitrogen and oxygen atoms in total. The maximum atomic E-state index is 11.1. The van der Waals surface area contributed by atoms with Crippen LogP contribution in [0.5, 0.6) is 11.5 Å². The highest BCUT2D eigenvalue weighted by Crippen LogP contribution is 2.28. The Hall–Kier alpha value is -1.75. The molecule has 0 spiro atoms. The fourth-order valence-corrected chi connectivity index (χ4v) is 1.93. The Balaban J connectivity index is 2.75. The molecule has 0 fully saturated rings. The Morgan fingerprint density at radius 3 is 2.55 bits per heavy atom. The van der Waals surface area contributed by atoms with Crippen molar-refractivity contribution in [1.29, 1.82) is 0 Å². The number of nitrogens with one attached hydrogen (secondary N) is 1. The Labute approximate surface area is 119 Å². The number of ether oxygens (including phenoxy) is 2. The quantitative estimate of drug-likeness (QED) is 0.765. The maximum Gasteiger partial charge on any atom is 0.320 e. The molecular weight excluding hydrogens is 258 g/mol. The first-order valence-electron chi connectivity index (χ1n) is 6.75. The normalized spacial score (nSPS) is 12.2. The zero-order chi connectivity index (χ0) is 15.1. The third-order valence-electron chi connectivity index (χ3n) is 2.99. The minimum absolute atomic E-state index is 0.0251. The van der Waals surface area contributed by atoms with Crippen LogP contribution in [-0.4, -0.2) is 30.8 Å². The van der Waals surface area contributed by atoms with Gasteiger partial charge >= 0.3 is 5.97 Å². The smallest absolute Gasteiger partial charge is 0.320 e. The number of hydrogen-bond donors (Lipinski definition) is 2. The Kier molecular flexibility index (Phi) is 6.31. The Morgan fingerprint density at radius 1 is 1.35 bits per heavy atom. The van der Waals surface area contributed by atoms with Crippen molar-refractivity contribution < 1.29 is 19.4 Å². The van der Waals surface area contributed by atoms with E-state index in [-0.39, 0.29) is 5.92 Å². The number of carboxylic acids is 1. The fraction of sp³-hybridized carbons (Fsp3) is 0.533. The second kappa shape index (κ2) is 7.75. The van der Waals surface area contributed by atoms with Gasteiger partial charge in [-0.1, -0.05) is 19.9 Å². The van der Waals surface area contributed by atoms with Crippen molar-refractivity contribution in [2.45, 2.75) is 33.4 Å². The lowest BCUT2D eigenvalue weighted by Gasteiger charge is -2.18. The minimum Gasteiger partial charge on any atom is -0.493 e. The van der Waals surface area contributed by atoms with Crippen LogP contribution in [0.2, 0.25) is 0 Å². The molecule has 0 saturated carbocycles. The number of aliphatic carboxylic acids is 1. The summed E-state index contributed by atoms with van der Waals surface area (Å²) in [6.07, 6.45) is 0. The molecule has 2 N–H and O–H groups in total. The second-order valence-electron chi connectivity index (χ2n) is 4.86. The Morgan fingerprint density at radius 2 is 2.05 bits per heavy atom. The van der Waals surface area contributed by atoms with E-state index in [1.54, 1.807) is 7.11 Å². The molecule has 1 atom stereocenters. The highest BCUT2D eigenvalue weighted by Gasteiger charge is 2.20. The SMILES string of the molecule is CCOc1ccc(CNC(C(=O)O)C(C)C)cc1OC. The molecule has 0 saturated heterocycles. The van der Waals surface area contributed by atoms with E-state index in [2.05, 4.69) is 5.32 Å². The Bertz CT molecular complexity index is 445.